The molecule has 5 nitrogen and oxygen atoms in total. The van der Waals surface area contributed by atoms with Gasteiger partial charge in [0.2, 0.25) is 5.91 Å². The first-order valence-electron chi connectivity index (χ1n) is 10.6. The summed E-state index contributed by atoms with van der Waals surface area (Å²) in [6, 6.07) is 9.73. The fraction of sp³-hybridized carbons (Fsp3) is 0.583. The molecule has 5 atom stereocenters. The summed E-state index contributed by atoms with van der Waals surface area (Å²) >= 11 is 0. The van der Waals surface area contributed by atoms with Crippen LogP contribution in [0.4, 0.5) is 0 Å². The van der Waals surface area contributed by atoms with E-state index in [-0.39, 0.29) is 23.7 Å². The molecule has 0 heterocycles. The maximum atomic E-state index is 12.5. The number of allylic oxidation sites excluding steroid dienone is 2. The molecule has 0 spiro atoms. The van der Waals surface area contributed by atoms with Crippen molar-refractivity contribution < 1.29 is 19.4 Å². The van der Waals surface area contributed by atoms with E-state index in [0.717, 1.165) is 37.7 Å². The van der Waals surface area contributed by atoms with E-state index >= 15 is 0 Å². The first-order valence-corrected chi connectivity index (χ1v) is 10.6. The van der Waals surface area contributed by atoms with Crippen LogP contribution in [0.15, 0.2) is 42.5 Å². The van der Waals surface area contributed by atoms with Crippen molar-refractivity contribution >= 4 is 11.9 Å². The SMILES string of the molecule is COC(=O)CCCC=CC1C(CC(C)(O)c2ccccc2)C2CCC1(C(N)=O)C2. The number of carbonyl (C=O) groups is 2. The van der Waals surface area contributed by atoms with Gasteiger partial charge in [0.25, 0.3) is 0 Å². The molecular weight excluding hydrogens is 366 g/mol. The maximum absolute atomic E-state index is 12.5. The summed E-state index contributed by atoms with van der Waals surface area (Å²) in [6.45, 7) is 1.86. The summed E-state index contributed by atoms with van der Waals surface area (Å²) in [5, 5.41) is 11.2. The van der Waals surface area contributed by atoms with Gasteiger partial charge in [-0.15, -0.1) is 0 Å². The normalized spacial score (nSPS) is 30.4. The molecule has 0 aliphatic heterocycles. The Balaban J connectivity index is 1.76. The van der Waals surface area contributed by atoms with Crippen molar-refractivity contribution in [3.63, 3.8) is 0 Å². The van der Waals surface area contributed by atoms with E-state index < -0.39 is 11.0 Å². The molecule has 0 radical (unpaired) electrons. The minimum absolute atomic E-state index is 0.0343. The molecule has 2 fully saturated rings. The largest absolute Gasteiger partial charge is 0.469 e. The number of methoxy groups -OCH3 is 1. The number of esters is 1. The summed E-state index contributed by atoms with van der Waals surface area (Å²) in [6.07, 6.45) is 9.31. The Hall–Kier alpha value is -2.14. The number of primary amides is 1. The van der Waals surface area contributed by atoms with Crippen LogP contribution in [0.5, 0.6) is 0 Å². The second-order valence-corrected chi connectivity index (χ2v) is 8.95. The van der Waals surface area contributed by atoms with Crippen molar-refractivity contribution in [3.8, 4) is 0 Å². The zero-order chi connectivity index (χ0) is 21.1. The van der Waals surface area contributed by atoms with Gasteiger partial charge in [0.1, 0.15) is 0 Å². The molecule has 5 heteroatoms. The van der Waals surface area contributed by atoms with E-state index in [1.807, 2.05) is 37.3 Å². The summed E-state index contributed by atoms with van der Waals surface area (Å²) < 4.78 is 4.68. The van der Waals surface area contributed by atoms with Gasteiger partial charge in [-0.1, -0.05) is 42.5 Å². The van der Waals surface area contributed by atoms with Crippen LogP contribution in [0.3, 0.4) is 0 Å². The van der Waals surface area contributed by atoms with E-state index in [4.69, 9.17) is 5.73 Å². The lowest BCUT2D eigenvalue weighted by molar-refractivity contribution is -0.140. The standard InChI is InChI=1S/C24H33NO4/c1-23(28,18-9-5-3-6-10-18)16-19-17-13-14-24(15-17,22(25)27)20(19)11-7-4-8-12-21(26)29-2/h3,5-7,9-11,17,19-20,28H,4,8,12-16H2,1-2H3,(H2,25,27). The quantitative estimate of drug-likeness (QED) is 0.376. The van der Waals surface area contributed by atoms with Crippen molar-refractivity contribution in [2.75, 3.05) is 7.11 Å². The fourth-order valence-corrected chi connectivity index (χ4v) is 5.58. The van der Waals surface area contributed by atoms with Crippen LogP contribution in [0.1, 0.15) is 57.4 Å². The van der Waals surface area contributed by atoms with Crippen molar-refractivity contribution in [1.82, 2.24) is 0 Å². The van der Waals surface area contributed by atoms with E-state index in [0.29, 0.717) is 18.8 Å². The van der Waals surface area contributed by atoms with Gasteiger partial charge in [0, 0.05) is 6.42 Å². The molecular formula is C24H33NO4. The molecule has 1 aromatic carbocycles. The molecule has 1 aromatic rings. The number of hydrogen-bond donors (Lipinski definition) is 2. The van der Waals surface area contributed by atoms with Crippen LogP contribution in [-0.2, 0) is 19.9 Å². The number of ether oxygens (including phenoxy) is 1. The summed E-state index contributed by atoms with van der Waals surface area (Å²) in [5.74, 6) is 0.229. The average Bonchev–Trinajstić information content (AvgIpc) is 3.27. The Kier molecular flexibility index (Phi) is 6.47. The zero-order valence-electron chi connectivity index (χ0n) is 17.5. The highest BCUT2D eigenvalue weighted by Crippen LogP contribution is 2.63. The molecule has 3 N–H and O–H groups in total. The molecule has 3 rings (SSSR count). The van der Waals surface area contributed by atoms with Crippen LogP contribution in [0.2, 0.25) is 0 Å². The minimum atomic E-state index is -0.952. The number of aliphatic hydroxyl groups is 1. The van der Waals surface area contributed by atoms with Gasteiger partial charge in [-0.2, -0.15) is 0 Å². The number of hydrogen-bond acceptors (Lipinski definition) is 4. The van der Waals surface area contributed by atoms with E-state index in [9.17, 15) is 14.7 Å². The number of rotatable bonds is 9. The maximum Gasteiger partial charge on any atom is 0.305 e. The van der Waals surface area contributed by atoms with Crippen LogP contribution >= 0.6 is 0 Å². The first-order chi connectivity index (χ1) is 13.8. The number of nitrogens with two attached hydrogens (primary N) is 1. The van der Waals surface area contributed by atoms with Crippen LogP contribution in [0, 0.1) is 23.2 Å². The molecule has 2 aliphatic carbocycles. The second-order valence-electron chi connectivity index (χ2n) is 8.95. The molecule has 2 bridgehead atoms. The number of unbranched alkanes of at least 4 members (excludes halogenated alkanes) is 1. The predicted molar refractivity (Wildman–Crippen MR) is 112 cm³/mol. The van der Waals surface area contributed by atoms with Gasteiger partial charge in [-0.3, -0.25) is 9.59 Å². The molecule has 0 saturated heterocycles. The lowest BCUT2D eigenvalue weighted by Crippen LogP contribution is -2.42. The van der Waals surface area contributed by atoms with Crippen LogP contribution in [-0.4, -0.2) is 24.1 Å². The second kappa shape index (κ2) is 8.70. The van der Waals surface area contributed by atoms with E-state index in [1.165, 1.54) is 7.11 Å². The number of fused-ring (bicyclic) bond motifs is 2. The van der Waals surface area contributed by atoms with Gasteiger partial charge >= 0.3 is 5.97 Å². The summed E-state index contributed by atoms with van der Waals surface area (Å²) in [7, 11) is 1.40. The average molecular weight is 400 g/mol. The van der Waals surface area contributed by atoms with Crippen molar-refractivity contribution in [3.05, 3.63) is 48.0 Å². The molecule has 2 aliphatic rings. The fourth-order valence-electron chi connectivity index (χ4n) is 5.58. The van der Waals surface area contributed by atoms with Gasteiger partial charge in [0.15, 0.2) is 0 Å². The lowest BCUT2D eigenvalue weighted by Gasteiger charge is -2.39. The van der Waals surface area contributed by atoms with Gasteiger partial charge in [-0.05, 0) is 68.8 Å². The molecule has 2 saturated carbocycles. The molecule has 0 aromatic heterocycles. The zero-order valence-corrected chi connectivity index (χ0v) is 17.5. The van der Waals surface area contributed by atoms with Crippen molar-refractivity contribution in [1.29, 1.82) is 0 Å². The minimum Gasteiger partial charge on any atom is -0.469 e. The summed E-state index contributed by atoms with van der Waals surface area (Å²) in [4.78, 5) is 23.7. The number of benzene rings is 1. The third kappa shape index (κ3) is 4.40. The van der Waals surface area contributed by atoms with Gasteiger partial charge in [0.05, 0.1) is 18.1 Å². The Morgan fingerprint density at radius 2 is 2.07 bits per heavy atom. The summed E-state index contributed by atoms with van der Waals surface area (Å²) in [5.41, 5.74) is 5.34. The first kappa shape index (κ1) is 21.6. The molecule has 1 amide bonds. The Morgan fingerprint density at radius 3 is 2.72 bits per heavy atom. The highest BCUT2D eigenvalue weighted by molar-refractivity contribution is 5.82. The van der Waals surface area contributed by atoms with Crippen LogP contribution < -0.4 is 5.73 Å². The molecule has 29 heavy (non-hydrogen) atoms. The Morgan fingerprint density at radius 1 is 1.34 bits per heavy atom. The third-order valence-electron chi connectivity index (χ3n) is 7.13. The topological polar surface area (TPSA) is 89.6 Å². The van der Waals surface area contributed by atoms with Crippen molar-refractivity contribution in [2.45, 2.75) is 57.5 Å². The Bertz CT molecular complexity index is 757. The smallest absolute Gasteiger partial charge is 0.305 e. The monoisotopic (exact) mass is 399 g/mol. The van der Waals surface area contributed by atoms with Gasteiger partial charge in [-0.25, -0.2) is 0 Å². The van der Waals surface area contributed by atoms with E-state index in [2.05, 4.69) is 16.9 Å². The molecule has 5 unspecified atom stereocenters. The van der Waals surface area contributed by atoms with Gasteiger partial charge < -0.3 is 15.6 Å². The number of carbonyl (C=O) groups excluding carboxylic acids is 2. The highest BCUT2D eigenvalue weighted by Gasteiger charge is 2.60. The predicted octanol–water partition coefficient (Wildman–Crippen LogP) is 3.70. The van der Waals surface area contributed by atoms with E-state index in [1.54, 1.807) is 0 Å². The third-order valence-corrected chi connectivity index (χ3v) is 7.13. The highest BCUT2D eigenvalue weighted by atomic mass is 16.5. The van der Waals surface area contributed by atoms with Crippen molar-refractivity contribution in [2.24, 2.45) is 28.9 Å². The lowest BCUT2D eigenvalue weighted by atomic mass is 9.66. The van der Waals surface area contributed by atoms with Crippen LogP contribution in [0.25, 0.3) is 0 Å². The Labute approximate surface area is 173 Å². The molecule has 158 valence electrons. The number of amides is 1.